The summed E-state index contributed by atoms with van der Waals surface area (Å²) in [6, 6.07) is 28.8. The quantitative estimate of drug-likeness (QED) is 0.307. The molecule has 0 saturated carbocycles. The molecule has 0 aliphatic carbocycles. The zero-order valence-corrected chi connectivity index (χ0v) is 18.3. The lowest BCUT2D eigenvalue weighted by Crippen LogP contribution is -2.24. The summed E-state index contributed by atoms with van der Waals surface area (Å²) in [7, 11) is 3.59. The van der Waals surface area contributed by atoms with Crippen LogP contribution < -0.4 is 0 Å². The topological polar surface area (TPSA) is 33.5 Å². The third-order valence-electron chi connectivity index (χ3n) is 6.24. The van der Waals surface area contributed by atoms with Crippen molar-refractivity contribution < 1.29 is 9.21 Å². The molecule has 1 atom stereocenters. The SMILES string of the molecule is C=C(c1cccc2ccccc12)C(CC(=O)N(C)C)c1cccc2c1oc1ccccc12. The van der Waals surface area contributed by atoms with Crippen molar-refractivity contribution in [3.05, 3.63) is 103 Å². The third kappa shape index (κ3) is 3.36. The van der Waals surface area contributed by atoms with E-state index in [0.29, 0.717) is 6.42 Å². The van der Waals surface area contributed by atoms with Crippen molar-refractivity contribution in [3.63, 3.8) is 0 Å². The summed E-state index contributed by atoms with van der Waals surface area (Å²) in [6.45, 7) is 4.51. The Morgan fingerprint density at radius 2 is 1.50 bits per heavy atom. The van der Waals surface area contributed by atoms with Crippen LogP contribution in [0.25, 0.3) is 38.3 Å². The fraction of sp³-hybridized carbons (Fsp3) is 0.138. The van der Waals surface area contributed by atoms with E-state index in [1.54, 1.807) is 19.0 Å². The van der Waals surface area contributed by atoms with Crippen molar-refractivity contribution in [2.24, 2.45) is 0 Å². The normalized spacial score (nSPS) is 12.3. The molecule has 0 saturated heterocycles. The number of amides is 1. The summed E-state index contributed by atoms with van der Waals surface area (Å²) in [6.07, 6.45) is 0.325. The molecule has 4 aromatic carbocycles. The van der Waals surface area contributed by atoms with Crippen LogP contribution in [-0.4, -0.2) is 24.9 Å². The number of benzene rings is 4. The number of furan rings is 1. The van der Waals surface area contributed by atoms with Crippen LogP contribution in [0.3, 0.4) is 0 Å². The Labute approximate surface area is 187 Å². The first kappa shape index (κ1) is 20.1. The molecule has 5 aromatic rings. The smallest absolute Gasteiger partial charge is 0.223 e. The molecule has 32 heavy (non-hydrogen) atoms. The van der Waals surface area contributed by atoms with Gasteiger partial charge in [0.2, 0.25) is 5.91 Å². The van der Waals surface area contributed by atoms with Crippen molar-refractivity contribution >= 4 is 44.2 Å². The lowest BCUT2D eigenvalue weighted by molar-refractivity contribution is -0.128. The van der Waals surface area contributed by atoms with Gasteiger partial charge in [-0.2, -0.15) is 0 Å². The standard InChI is InChI=1S/C29H25NO2/c1-19(21-14-8-11-20-10-4-5-12-22(20)21)26(18-28(31)30(2)3)25-16-9-15-24-23-13-6-7-17-27(23)32-29(24)25/h4-17,26H,1,18H2,2-3H3. The summed E-state index contributed by atoms with van der Waals surface area (Å²) in [4.78, 5) is 14.5. The number of nitrogens with zero attached hydrogens (tertiary/aromatic N) is 1. The highest BCUT2D eigenvalue weighted by atomic mass is 16.3. The Morgan fingerprint density at radius 1 is 0.844 bits per heavy atom. The Morgan fingerprint density at radius 3 is 2.31 bits per heavy atom. The predicted octanol–water partition coefficient (Wildman–Crippen LogP) is 7.01. The highest BCUT2D eigenvalue weighted by Crippen LogP contribution is 2.42. The van der Waals surface area contributed by atoms with E-state index in [2.05, 4.69) is 55.1 Å². The third-order valence-corrected chi connectivity index (χ3v) is 6.24. The second-order valence-electron chi connectivity index (χ2n) is 8.42. The maximum Gasteiger partial charge on any atom is 0.223 e. The van der Waals surface area contributed by atoms with Crippen molar-refractivity contribution in [1.29, 1.82) is 0 Å². The van der Waals surface area contributed by atoms with E-state index in [-0.39, 0.29) is 11.8 Å². The van der Waals surface area contributed by atoms with E-state index >= 15 is 0 Å². The fourth-order valence-corrected chi connectivity index (χ4v) is 4.51. The highest BCUT2D eigenvalue weighted by Gasteiger charge is 2.26. The molecule has 1 amide bonds. The number of fused-ring (bicyclic) bond motifs is 4. The first-order valence-electron chi connectivity index (χ1n) is 10.8. The Hall–Kier alpha value is -3.85. The molecule has 5 rings (SSSR count). The van der Waals surface area contributed by atoms with Crippen LogP contribution in [0.5, 0.6) is 0 Å². The molecule has 3 heteroatoms. The van der Waals surface area contributed by atoms with E-state index in [1.807, 2.05) is 36.4 Å². The molecular formula is C29H25NO2. The number of rotatable bonds is 5. The zero-order chi connectivity index (χ0) is 22.2. The van der Waals surface area contributed by atoms with Crippen molar-refractivity contribution in [3.8, 4) is 0 Å². The van der Waals surface area contributed by atoms with Gasteiger partial charge in [0.05, 0.1) is 0 Å². The van der Waals surface area contributed by atoms with Crippen LogP contribution in [0, 0.1) is 0 Å². The Bertz CT molecular complexity index is 1470. The van der Waals surface area contributed by atoms with Gasteiger partial charge in [-0.3, -0.25) is 4.79 Å². The van der Waals surface area contributed by atoms with Crippen LogP contribution in [0.1, 0.15) is 23.5 Å². The van der Waals surface area contributed by atoms with Crippen LogP contribution >= 0.6 is 0 Å². The number of carbonyl (C=O) groups is 1. The van der Waals surface area contributed by atoms with E-state index < -0.39 is 0 Å². The predicted molar refractivity (Wildman–Crippen MR) is 133 cm³/mol. The largest absolute Gasteiger partial charge is 0.456 e. The number of hydrogen-bond donors (Lipinski definition) is 0. The highest BCUT2D eigenvalue weighted by molar-refractivity contribution is 6.07. The van der Waals surface area contributed by atoms with Gasteiger partial charge in [0.15, 0.2) is 0 Å². The number of carbonyl (C=O) groups excluding carboxylic acids is 1. The monoisotopic (exact) mass is 419 g/mol. The minimum absolute atomic E-state index is 0.0597. The van der Waals surface area contributed by atoms with E-state index in [0.717, 1.165) is 49.4 Å². The fourth-order valence-electron chi connectivity index (χ4n) is 4.51. The average Bonchev–Trinajstić information content (AvgIpc) is 3.20. The number of allylic oxidation sites excluding steroid dienone is 1. The number of para-hydroxylation sites is 2. The zero-order valence-electron chi connectivity index (χ0n) is 18.3. The van der Waals surface area contributed by atoms with Gasteiger partial charge in [-0.15, -0.1) is 0 Å². The molecule has 0 radical (unpaired) electrons. The maximum absolute atomic E-state index is 12.9. The molecule has 0 bridgehead atoms. The minimum atomic E-state index is -0.208. The summed E-state index contributed by atoms with van der Waals surface area (Å²) in [5.41, 5.74) is 4.65. The molecule has 0 N–H and O–H groups in total. The summed E-state index contributed by atoms with van der Waals surface area (Å²) >= 11 is 0. The molecule has 3 nitrogen and oxygen atoms in total. The van der Waals surface area contributed by atoms with Crippen LogP contribution in [-0.2, 0) is 4.79 Å². The number of hydrogen-bond acceptors (Lipinski definition) is 2. The molecule has 0 aliphatic rings. The minimum Gasteiger partial charge on any atom is -0.456 e. The summed E-state index contributed by atoms with van der Waals surface area (Å²) in [5.74, 6) is -0.149. The lowest BCUT2D eigenvalue weighted by atomic mass is 9.82. The second-order valence-corrected chi connectivity index (χ2v) is 8.42. The maximum atomic E-state index is 12.9. The van der Waals surface area contributed by atoms with Crippen molar-refractivity contribution in [1.82, 2.24) is 4.90 Å². The summed E-state index contributed by atoms with van der Waals surface area (Å²) in [5, 5.41) is 4.44. The molecule has 0 spiro atoms. The Balaban J connectivity index is 1.71. The van der Waals surface area contributed by atoms with Crippen LogP contribution in [0.15, 0.2) is 95.9 Å². The van der Waals surface area contributed by atoms with Gasteiger partial charge in [0, 0.05) is 42.8 Å². The molecule has 0 fully saturated rings. The molecular weight excluding hydrogens is 394 g/mol. The molecule has 0 aliphatic heterocycles. The van der Waals surface area contributed by atoms with Gasteiger partial charge in [-0.1, -0.05) is 85.4 Å². The molecule has 1 aromatic heterocycles. The molecule has 1 heterocycles. The van der Waals surface area contributed by atoms with E-state index in [9.17, 15) is 4.79 Å². The van der Waals surface area contributed by atoms with Gasteiger partial charge >= 0.3 is 0 Å². The van der Waals surface area contributed by atoms with E-state index in [1.165, 1.54) is 0 Å². The van der Waals surface area contributed by atoms with Crippen LogP contribution in [0.4, 0.5) is 0 Å². The van der Waals surface area contributed by atoms with Gasteiger partial charge in [-0.05, 0) is 28.0 Å². The molecule has 1 unspecified atom stereocenters. The second kappa shape index (κ2) is 8.01. The first-order valence-corrected chi connectivity index (χ1v) is 10.8. The average molecular weight is 420 g/mol. The van der Waals surface area contributed by atoms with Gasteiger partial charge in [0.25, 0.3) is 0 Å². The first-order chi connectivity index (χ1) is 15.5. The van der Waals surface area contributed by atoms with Crippen LogP contribution in [0.2, 0.25) is 0 Å². The Kier molecular flexibility index (Phi) is 5.02. The lowest BCUT2D eigenvalue weighted by Gasteiger charge is -2.23. The van der Waals surface area contributed by atoms with Crippen molar-refractivity contribution in [2.75, 3.05) is 14.1 Å². The van der Waals surface area contributed by atoms with Gasteiger partial charge < -0.3 is 9.32 Å². The van der Waals surface area contributed by atoms with E-state index in [4.69, 9.17) is 4.42 Å². The summed E-state index contributed by atoms with van der Waals surface area (Å²) < 4.78 is 6.31. The van der Waals surface area contributed by atoms with Crippen molar-refractivity contribution in [2.45, 2.75) is 12.3 Å². The molecule has 158 valence electrons. The van der Waals surface area contributed by atoms with Gasteiger partial charge in [0.1, 0.15) is 11.2 Å². The van der Waals surface area contributed by atoms with Gasteiger partial charge in [-0.25, -0.2) is 0 Å².